The molecule has 0 radical (unpaired) electrons. The molecule has 0 spiro atoms. The predicted octanol–water partition coefficient (Wildman–Crippen LogP) is 4.63. The molecule has 6 heteroatoms. The van der Waals surface area contributed by atoms with Crippen molar-refractivity contribution in [2.24, 2.45) is 5.92 Å². The van der Waals surface area contributed by atoms with Gasteiger partial charge in [0.05, 0.1) is 5.56 Å². The first-order valence-electron chi connectivity index (χ1n) is 5.27. The Hall–Kier alpha value is -0.390. The molecule has 0 aliphatic heterocycles. The summed E-state index contributed by atoms with van der Waals surface area (Å²) in [6, 6.07) is 2.43. The van der Waals surface area contributed by atoms with Crippen LogP contribution in [0.3, 0.4) is 0 Å². The Morgan fingerprint density at radius 2 is 2.11 bits per heavy atom. The van der Waals surface area contributed by atoms with E-state index in [0.29, 0.717) is 9.37 Å². The molecular weight excluding hydrogens is 343 g/mol. The highest BCUT2D eigenvalue weighted by Gasteiger charge is 2.18. The Morgan fingerprint density at radius 3 is 2.61 bits per heavy atom. The van der Waals surface area contributed by atoms with Gasteiger partial charge in [-0.3, -0.25) is 9.59 Å². The van der Waals surface area contributed by atoms with Crippen molar-refractivity contribution < 1.29 is 14.0 Å². The first-order valence-corrected chi connectivity index (χ1v) is 7.26. The standard InChI is InChI=1S/C12H11BrClFO2S/c1-3-6(2)12(17)18-10-4-7(11(14)16)9(15)5-8(10)13/h4-6H,3H2,1-2H3. The van der Waals surface area contributed by atoms with Gasteiger partial charge in [-0.2, -0.15) is 0 Å². The normalized spacial score (nSPS) is 12.3. The van der Waals surface area contributed by atoms with Crippen LogP contribution in [0.25, 0.3) is 0 Å². The third-order valence-corrected chi connectivity index (χ3v) is 4.74. The molecule has 18 heavy (non-hydrogen) atoms. The van der Waals surface area contributed by atoms with Crippen LogP contribution >= 0.6 is 39.3 Å². The Labute approximate surface area is 122 Å². The van der Waals surface area contributed by atoms with Crippen molar-refractivity contribution in [3.05, 3.63) is 28.0 Å². The van der Waals surface area contributed by atoms with Crippen LogP contribution in [-0.4, -0.2) is 10.4 Å². The highest BCUT2D eigenvalue weighted by Crippen LogP contribution is 2.33. The van der Waals surface area contributed by atoms with E-state index < -0.39 is 11.1 Å². The van der Waals surface area contributed by atoms with Crippen LogP contribution in [0.15, 0.2) is 21.5 Å². The van der Waals surface area contributed by atoms with Gasteiger partial charge in [0, 0.05) is 15.3 Å². The summed E-state index contributed by atoms with van der Waals surface area (Å²) in [6.45, 7) is 3.73. The number of benzene rings is 1. The van der Waals surface area contributed by atoms with Crippen molar-refractivity contribution in [1.82, 2.24) is 0 Å². The Kier molecular flexibility index (Phi) is 5.82. The van der Waals surface area contributed by atoms with Gasteiger partial charge in [0.15, 0.2) is 5.12 Å². The molecule has 0 bridgehead atoms. The largest absolute Gasteiger partial charge is 0.287 e. The monoisotopic (exact) mass is 352 g/mol. The van der Waals surface area contributed by atoms with Crippen LogP contribution in [0.4, 0.5) is 4.39 Å². The topological polar surface area (TPSA) is 34.1 Å². The molecule has 0 saturated carbocycles. The number of halogens is 3. The summed E-state index contributed by atoms with van der Waals surface area (Å²) in [5.74, 6) is -0.802. The van der Waals surface area contributed by atoms with Gasteiger partial charge in [-0.1, -0.05) is 25.6 Å². The lowest BCUT2D eigenvalue weighted by Crippen LogP contribution is -2.05. The molecule has 0 saturated heterocycles. The summed E-state index contributed by atoms with van der Waals surface area (Å²) < 4.78 is 13.8. The van der Waals surface area contributed by atoms with Gasteiger partial charge in [-0.25, -0.2) is 4.39 Å². The number of hydrogen-bond acceptors (Lipinski definition) is 3. The third kappa shape index (κ3) is 3.80. The molecule has 1 atom stereocenters. The van der Waals surface area contributed by atoms with E-state index >= 15 is 0 Å². The van der Waals surface area contributed by atoms with Crippen molar-refractivity contribution in [3.8, 4) is 0 Å². The Morgan fingerprint density at radius 1 is 1.50 bits per heavy atom. The molecular formula is C12H11BrClFO2S. The van der Waals surface area contributed by atoms with Crippen LogP contribution in [0.5, 0.6) is 0 Å². The maximum absolute atomic E-state index is 13.4. The zero-order valence-corrected chi connectivity index (χ0v) is 13.0. The van der Waals surface area contributed by atoms with Gasteiger partial charge >= 0.3 is 0 Å². The second-order valence-electron chi connectivity index (χ2n) is 3.77. The molecule has 0 fully saturated rings. The van der Waals surface area contributed by atoms with Gasteiger partial charge in [0.1, 0.15) is 5.82 Å². The summed E-state index contributed by atoms with van der Waals surface area (Å²) in [4.78, 5) is 23.3. The lowest BCUT2D eigenvalue weighted by atomic mass is 10.1. The molecule has 0 aromatic heterocycles. The van der Waals surface area contributed by atoms with E-state index in [0.717, 1.165) is 24.2 Å². The van der Waals surface area contributed by atoms with E-state index in [-0.39, 0.29) is 16.6 Å². The molecule has 0 heterocycles. The number of thioether (sulfide) groups is 1. The zero-order chi connectivity index (χ0) is 13.9. The van der Waals surface area contributed by atoms with E-state index in [1.54, 1.807) is 0 Å². The molecule has 1 aromatic rings. The van der Waals surface area contributed by atoms with Crippen molar-refractivity contribution in [3.63, 3.8) is 0 Å². The number of rotatable bonds is 4. The molecule has 1 unspecified atom stereocenters. The SMILES string of the molecule is CCC(C)C(=O)Sc1cc(C(=O)Cl)c(F)cc1Br. The average Bonchev–Trinajstić information content (AvgIpc) is 2.30. The second-order valence-corrected chi connectivity index (χ2v) is 6.01. The molecule has 1 aromatic carbocycles. The highest BCUT2D eigenvalue weighted by molar-refractivity contribution is 9.10. The molecule has 98 valence electrons. The fraction of sp³-hybridized carbons (Fsp3) is 0.333. The predicted molar refractivity (Wildman–Crippen MR) is 74.6 cm³/mol. The smallest absolute Gasteiger partial charge is 0.255 e. The minimum atomic E-state index is -0.877. The second kappa shape index (κ2) is 6.68. The van der Waals surface area contributed by atoms with Crippen LogP contribution < -0.4 is 0 Å². The fourth-order valence-electron chi connectivity index (χ4n) is 1.13. The van der Waals surface area contributed by atoms with Gasteiger partial charge in [0.25, 0.3) is 5.24 Å². The minimum absolute atomic E-state index is 0.0298. The van der Waals surface area contributed by atoms with Gasteiger partial charge < -0.3 is 0 Å². The zero-order valence-electron chi connectivity index (χ0n) is 9.80. The first-order chi connectivity index (χ1) is 8.36. The minimum Gasteiger partial charge on any atom is -0.287 e. The molecule has 2 nitrogen and oxygen atoms in total. The third-order valence-electron chi connectivity index (χ3n) is 2.46. The lowest BCUT2D eigenvalue weighted by molar-refractivity contribution is -0.114. The van der Waals surface area contributed by atoms with Gasteiger partial charge in [-0.05, 0) is 46.1 Å². The van der Waals surface area contributed by atoms with E-state index in [1.807, 2.05) is 13.8 Å². The van der Waals surface area contributed by atoms with Crippen LogP contribution in [0.1, 0.15) is 30.6 Å². The maximum atomic E-state index is 13.4. The summed E-state index contributed by atoms with van der Waals surface area (Å²) in [5, 5.41) is -0.907. The van der Waals surface area contributed by atoms with Crippen molar-refractivity contribution in [2.45, 2.75) is 25.2 Å². The summed E-state index contributed by atoms with van der Waals surface area (Å²) in [5.41, 5.74) is -0.223. The van der Waals surface area contributed by atoms with Crippen molar-refractivity contribution in [2.75, 3.05) is 0 Å². The van der Waals surface area contributed by atoms with Crippen molar-refractivity contribution in [1.29, 1.82) is 0 Å². The van der Waals surface area contributed by atoms with Crippen LogP contribution in [0, 0.1) is 11.7 Å². The summed E-state index contributed by atoms with van der Waals surface area (Å²) in [7, 11) is 0. The molecule has 0 aliphatic carbocycles. The van der Waals surface area contributed by atoms with E-state index in [2.05, 4.69) is 15.9 Å². The average molecular weight is 354 g/mol. The van der Waals surface area contributed by atoms with E-state index in [4.69, 9.17) is 11.6 Å². The molecule has 0 amide bonds. The summed E-state index contributed by atoms with van der Waals surface area (Å²) in [6.07, 6.45) is 0.728. The Bertz CT molecular complexity index is 493. The van der Waals surface area contributed by atoms with Crippen LogP contribution in [0.2, 0.25) is 0 Å². The summed E-state index contributed by atoms with van der Waals surface area (Å²) >= 11 is 9.41. The highest BCUT2D eigenvalue weighted by atomic mass is 79.9. The Balaban J connectivity index is 3.06. The van der Waals surface area contributed by atoms with Gasteiger partial charge in [0.2, 0.25) is 0 Å². The molecule has 0 N–H and O–H groups in total. The first kappa shape index (κ1) is 15.7. The molecule has 1 rings (SSSR count). The number of carbonyl (C=O) groups excluding carboxylic acids is 2. The van der Waals surface area contributed by atoms with E-state index in [9.17, 15) is 14.0 Å². The van der Waals surface area contributed by atoms with Crippen molar-refractivity contribution >= 4 is 49.7 Å². The van der Waals surface area contributed by atoms with Crippen LogP contribution in [-0.2, 0) is 4.79 Å². The number of hydrogen-bond donors (Lipinski definition) is 0. The fourth-order valence-corrected chi connectivity index (χ4v) is 2.75. The number of carbonyl (C=O) groups is 2. The molecule has 0 aliphatic rings. The quantitative estimate of drug-likeness (QED) is 0.584. The van der Waals surface area contributed by atoms with E-state index in [1.165, 1.54) is 6.07 Å². The lowest BCUT2D eigenvalue weighted by Gasteiger charge is -2.09. The van der Waals surface area contributed by atoms with Gasteiger partial charge in [-0.15, -0.1) is 0 Å². The maximum Gasteiger partial charge on any atom is 0.255 e.